The Kier molecular flexibility index (Phi) is 7.77. The predicted octanol–water partition coefficient (Wildman–Crippen LogP) is 6.13. The standard InChI is InChI=1S/C29H45F2NO2/c1-19(18-32-14-11-23(12-15-32)29(4,30)31)24-9-10-25-22(6-5-13-28(24,25)3)8-7-21-16-26(33)20(2)27(34)17-21/h7-8,19,23-27,33-34H,2,5-6,9-18H2,1,3-4H3/t19?,24-,25+,26-,27-,28-/m1/s1. The summed E-state index contributed by atoms with van der Waals surface area (Å²) in [7, 11) is 0. The van der Waals surface area contributed by atoms with Crippen LogP contribution in [0.25, 0.3) is 0 Å². The lowest BCUT2D eigenvalue weighted by molar-refractivity contribution is -0.0641. The third-order valence-electron chi connectivity index (χ3n) is 9.88. The van der Waals surface area contributed by atoms with Crippen LogP contribution in [-0.4, -0.2) is 52.9 Å². The van der Waals surface area contributed by atoms with Crippen molar-refractivity contribution in [1.82, 2.24) is 4.90 Å². The average molecular weight is 478 g/mol. The number of fused-ring (bicyclic) bond motifs is 1. The van der Waals surface area contributed by atoms with Gasteiger partial charge in [0.05, 0.1) is 12.2 Å². The van der Waals surface area contributed by atoms with Crippen LogP contribution in [0.1, 0.15) is 78.6 Å². The first kappa shape index (κ1) is 26.0. The van der Waals surface area contributed by atoms with Crippen molar-refractivity contribution in [3.8, 4) is 0 Å². The first-order chi connectivity index (χ1) is 16.0. The molecule has 192 valence electrons. The largest absolute Gasteiger partial charge is 0.388 e. The van der Waals surface area contributed by atoms with Crippen LogP contribution in [0.15, 0.2) is 35.5 Å². The van der Waals surface area contributed by atoms with E-state index < -0.39 is 24.0 Å². The highest BCUT2D eigenvalue weighted by Gasteiger charge is 2.51. The van der Waals surface area contributed by atoms with Gasteiger partial charge in [-0.25, -0.2) is 8.78 Å². The Labute approximate surface area is 205 Å². The minimum absolute atomic E-state index is 0.302. The van der Waals surface area contributed by atoms with Gasteiger partial charge in [0.25, 0.3) is 0 Å². The first-order valence-electron chi connectivity index (χ1n) is 13.5. The molecule has 3 nitrogen and oxygen atoms in total. The lowest BCUT2D eigenvalue weighted by Crippen LogP contribution is -2.44. The van der Waals surface area contributed by atoms with Gasteiger partial charge in [-0.2, -0.15) is 0 Å². The molecule has 6 atom stereocenters. The molecule has 34 heavy (non-hydrogen) atoms. The number of hydrogen-bond acceptors (Lipinski definition) is 3. The maximum absolute atomic E-state index is 13.7. The van der Waals surface area contributed by atoms with Crippen molar-refractivity contribution in [2.75, 3.05) is 19.6 Å². The van der Waals surface area contributed by atoms with Gasteiger partial charge in [0, 0.05) is 12.5 Å². The Balaban J connectivity index is 1.39. The molecule has 0 aromatic heterocycles. The molecule has 3 aliphatic carbocycles. The molecule has 0 bridgehead atoms. The average Bonchev–Trinajstić information content (AvgIpc) is 3.13. The molecular formula is C29H45F2NO2. The summed E-state index contributed by atoms with van der Waals surface area (Å²) in [4.78, 5) is 2.43. The van der Waals surface area contributed by atoms with E-state index in [0.29, 0.717) is 54.4 Å². The summed E-state index contributed by atoms with van der Waals surface area (Å²) in [5, 5.41) is 20.3. The molecule has 2 N–H and O–H groups in total. The lowest BCUT2D eigenvalue weighted by atomic mass is 9.61. The van der Waals surface area contributed by atoms with E-state index in [0.717, 1.165) is 38.6 Å². The number of nitrogens with zero attached hydrogens (tertiary/aromatic N) is 1. The molecular weight excluding hydrogens is 432 g/mol. The summed E-state index contributed by atoms with van der Waals surface area (Å²) >= 11 is 0. The second kappa shape index (κ2) is 10.1. The van der Waals surface area contributed by atoms with Gasteiger partial charge in [-0.15, -0.1) is 0 Å². The molecule has 1 heterocycles. The van der Waals surface area contributed by atoms with Crippen molar-refractivity contribution in [2.24, 2.45) is 29.1 Å². The van der Waals surface area contributed by atoms with Crippen LogP contribution in [0, 0.1) is 29.1 Å². The van der Waals surface area contributed by atoms with Crippen molar-refractivity contribution in [3.05, 3.63) is 35.5 Å². The second-order valence-corrected chi connectivity index (χ2v) is 12.2. The number of allylic oxidation sites excluding steroid dienone is 3. The third kappa shape index (κ3) is 5.37. The number of hydrogen-bond donors (Lipinski definition) is 2. The Morgan fingerprint density at radius 2 is 1.76 bits per heavy atom. The molecule has 1 unspecified atom stereocenters. The summed E-state index contributed by atoms with van der Waals surface area (Å²) in [6.45, 7) is 12.4. The minimum Gasteiger partial charge on any atom is -0.388 e. The molecule has 4 aliphatic rings. The molecule has 1 aliphatic heterocycles. The van der Waals surface area contributed by atoms with Crippen LogP contribution < -0.4 is 0 Å². The molecule has 3 saturated carbocycles. The topological polar surface area (TPSA) is 43.7 Å². The zero-order valence-corrected chi connectivity index (χ0v) is 21.4. The highest BCUT2D eigenvalue weighted by atomic mass is 19.3. The zero-order chi connectivity index (χ0) is 24.7. The van der Waals surface area contributed by atoms with Gasteiger partial charge in [0.15, 0.2) is 0 Å². The van der Waals surface area contributed by atoms with Crippen LogP contribution in [0.5, 0.6) is 0 Å². The molecule has 4 rings (SSSR count). The van der Waals surface area contributed by atoms with Crippen LogP contribution in [0.4, 0.5) is 8.78 Å². The Hall–Kier alpha value is -1.04. The van der Waals surface area contributed by atoms with Crippen LogP contribution >= 0.6 is 0 Å². The van der Waals surface area contributed by atoms with E-state index in [2.05, 4.69) is 37.5 Å². The van der Waals surface area contributed by atoms with Crippen molar-refractivity contribution in [3.63, 3.8) is 0 Å². The van der Waals surface area contributed by atoms with Crippen molar-refractivity contribution in [2.45, 2.75) is 96.7 Å². The minimum atomic E-state index is -2.55. The van der Waals surface area contributed by atoms with Gasteiger partial charge < -0.3 is 15.1 Å². The summed E-state index contributed by atoms with van der Waals surface area (Å²) in [6.07, 6.45) is 11.6. The van der Waals surface area contributed by atoms with Crippen molar-refractivity contribution in [1.29, 1.82) is 0 Å². The van der Waals surface area contributed by atoms with E-state index in [4.69, 9.17) is 0 Å². The number of aliphatic hydroxyl groups excluding tert-OH is 2. The molecule has 0 radical (unpaired) electrons. The van der Waals surface area contributed by atoms with Crippen LogP contribution in [0.3, 0.4) is 0 Å². The first-order valence-corrected chi connectivity index (χ1v) is 13.5. The van der Waals surface area contributed by atoms with E-state index in [9.17, 15) is 19.0 Å². The highest BCUT2D eigenvalue weighted by molar-refractivity contribution is 5.29. The SMILES string of the molecule is C=C1[C@H](O)CC(=CC=C2CCC[C@]3(C)[C@@H](C(C)CN4CCC(C(C)(F)F)CC4)CC[C@@H]23)C[C@H]1O. The third-order valence-corrected chi connectivity index (χ3v) is 9.88. The van der Waals surface area contributed by atoms with E-state index >= 15 is 0 Å². The number of alkyl halides is 2. The lowest BCUT2D eigenvalue weighted by Gasteiger charge is -2.45. The fourth-order valence-corrected chi connectivity index (χ4v) is 7.80. The summed E-state index contributed by atoms with van der Waals surface area (Å²) in [5.41, 5.74) is 3.48. The molecule has 0 amide bonds. The summed E-state index contributed by atoms with van der Waals surface area (Å²) in [5.74, 6) is -1.17. The van der Waals surface area contributed by atoms with Crippen LogP contribution in [-0.2, 0) is 0 Å². The fraction of sp³-hybridized carbons (Fsp3) is 0.793. The quantitative estimate of drug-likeness (QED) is 0.468. The number of aliphatic hydroxyl groups is 2. The fourth-order valence-electron chi connectivity index (χ4n) is 7.80. The van der Waals surface area contributed by atoms with Gasteiger partial charge in [0.2, 0.25) is 5.92 Å². The van der Waals surface area contributed by atoms with Crippen molar-refractivity contribution < 1.29 is 19.0 Å². The molecule has 1 saturated heterocycles. The monoisotopic (exact) mass is 477 g/mol. The van der Waals surface area contributed by atoms with Gasteiger partial charge in [-0.05, 0) is 107 Å². The number of likely N-dealkylation sites (tertiary alicyclic amines) is 1. The second-order valence-electron chi connectivity index (χ2n) is 12.2. The molecule has 4 fully saturated rings. The van der Waals surface area contributed by atoms with Gasteiger partial charge >= 0.3 is 0 Å². The zero-order valence-electron chi connectivity index (χ0n) is 21.4. The molecule has 0 aromatic rings. The maximum Gasteiger partial charge on any atom is 0.248 e. The van der Waals surface area contributed by atoms with Crippen molar-refractivity contribution >= 4 is 0 Å². The Bertz CT molecular complexity index is 791. The van der Waals surface area contributed by atoms with Gasteiger partial charge in [-0.1, -0.05) is 43.7 Å². The van der Waals surface area contributed by atoms with E-state index in [1.54, 1.807) is 0 Å². The van der Waals surface area contributed by atoms with Gasteiger partial charge in [-0.3, -0.25) is 0 Å². The number of rotatable bonds is 5. The maximum atomic E-state index is 13.7. The summed E-state index contributed by atoms with van der Waals surface area (Å²) in [6, 6.07) is 0. The van der Waals surface area contributed by atoms with E-state index in [1.807, 2.05) is 0 Å². The molecule has 0 spiro atoms. The number of piperidine rings is 1. The molecule has 0 aromatic carbocycles. The number of halogens is 2. The highest BCUT2D eigenvalue weighted by Crippen LogP contribution is 2.59. The Morgan fingerprint density at radius 3 is 2.38 bits per heavy atom. The Morgan fingerprint density at radius 1 is 1.12 bits per heavy atom. The van der Waals surface area contributed by atoms with Crippen LogP contribution in [0.2, 0.25) is 0 Å². The van der Waals surface area contributed by atoms with Gasteiger partial charge in [0.1, 0.15) is 0 Å². The molecule has 5 heteroatoms. The van der Waals surface area contributed by atoms with E-state index in [-0.39, 0.29) is 0 Å². The predicted molar refractivity (Wildman–Crippen MR) is 134 cm³/mol. The summed E-state index contributed by atoms with van der Waals surface area (Å²) < 4.78 is 27.4. The smallest absolute Gasteiger partial charge is 0.248 e. The van der Waals surface area contributed by atoms with E-state index in [1.165, 1.54) is 31.3 Å². The normalized spacial score (nSPS) is 38.3.